The van der Waals surface area contributed by atoms with Crippen LogP contribution in [0.1, 0.15) is 12.5 Å². The van der Waals surface area contributed by atoms with Crippen LogP contribution in [0.4, 0.5) is 8.78 Å². The summed E-state index contributed by atoms with van der Waals surface area (Å²) in [5.74, 6) is 0.254. The maximum atomic E-state index is 12.4. The van der Waals surface area contributed by atoms with E-state index < -0.39 is 6.61 Å². The third-order valence-corrected chi connectivity index (χ3v) is 3.74. The van der Waals surface area contributed by atoms with Crippen molar-refractivity contribution in [2.45, 2.75) is 26.1 Å². The summed E-state index contributed by atoms with van der Waals surface area (Å²) in [7, 11) is 0. The highest BCUT2D eigenvalue weighted by atomic mass is 79.9. The Morgan fingerprint density at radius 1 is 1.50 bits per heavy atom. The molecule has 2 rings (SSSR count). The molecule has 1 atom stereocenters. The molecule has 7 heteroatoms. The van der Waals surface area contributed by atoms with Gasteiger partial charge in [0.15, 0.2) is 0 Å². The number of rotatable bonds is 4. The Morgan fingerprint density at radius 3 is 2.90 bits per heavy atom. The molecule has 0 unspecified atom stereocenters. The summed E-state index contributed by atoms with van der Waals surface area (Å²) in [5.41, 5.74) is 0.781. The van der Waals surface area contributed by atoms with E-state index in [0.29, 0.717) is 12.6 Å². The van der Waals surface area contributed by atoms with Gasteiger partial charge in [0.1, 0.15) is 5.75 Å². The van der Waals surface area contributed by atoms with E-state index in [1.54, 1.807) is 12.1 Å². The fourth-order valence-electron chi connectivity index (χ4n) is 2.22. The van der Waals surface area contributed by atoms with Crippen molar-refractivity contribution in [3.63, 3.8) is 0 Å². The second-order valence-corrected chi connectivity index (χ2v) is 5.57. The third-order valence-electron chi connectivity index (χ3n) is 3.25. The molecule has 1 saturated heterocycles. The number of hydrogen-bond acceptors (Lipinski definition) is 3. The lowest BCUT2D eigenvalue weighted by Crippen LogP contribution is -2.49. The molecule has 0 saturated carbocycles. The lowest BCUT2D eigenvalue weighted by Gasteiger charge is -2.34. The molecule has 1 aliphatic heterocycles. The van der Waals surface area contributed by atoms with Crippen LogP contribution in [0.2, 0.25) is 0 Å². The first-order valence-electron chi connectivity index (χ1n) is 6.24. The van der Waals surface area contributed by atoms with Gasteiger partial charge in [-0.1, -0.05) is 15.9 Å². The van der Waals surface area contributed by atoms with Gasteiger partial charge >= 0.3 is 6.61 Å². The monoisotopic (exact) mass is 370 g/mol. The molecule has 1 aromatic carbocycles. The van der Waals surface area contributed by atoms with Crippen LogP contribution >= 0.6 is 28.3 Å². The Bertz CT molecular complexity index is 437. The summed E-state index contributed by atoms with van der Waals surface area (Å²) in [5, 5.41) is 3.31. The van der Waals surface area contributed by atoms with Gasteiger partial charge in [-0.3, -0.25) is 4.90 Å². The van der Waals surface area contributed by atoms with E-state index in [1.807, 2.05) is 6.07 Å². The summed E-state index contributed by atoms with van der Waals surface area (Å²) in [6.07, 6.45) is 0. The van der Waals surface area contributed by atoms with E-state index in [4.69, 9.17) is 0 Å². The smallest absolute Gasteiger partial charge is 0.387 e. The number of hydrogen-bond donors (Lipinski definition) is 1. The molecule has 1 fully saturated rings. The van der Waals surface area contributed by atoms with Crippen molar-refractivity contribution in [2.24, 2.45) is 0 Å². The molecule has 114 valence electrons. The van der Waals surface area contributed by atoms with Gasteiger partial charge in [-0.25, -0.2) is 0 Å². The van der Waals surface area contributed by atoms with Crippen molar-refractivity contribution in [3.8, 4) is 5.75 Å². The van der Waals surface area contributed by atoms with Gasteiger partial charge in [0.05, 0.1) is 0 Å². The van der Waals surface area contributed by atoms with Crippen LogP contribution in [-0.2, 0) is 6.54 Å². The molecule has 0 aliphatic carbocycles. The average Bonchev–Trinajstić information content (AvgIpc) is 2.35. The molecule has 0 bridgehead atoms. The first-order valence-corrected chi connectivity index (χ1v) is 7.03. The van der Waals surface area contributed by atoms with Crippen molar-refractivity contribution in [3.05, 3.63) is 28.2 Å². The first-order chi connectivity index (χ1) is 9.06. The Hall–Kier alpha value is -0.430. The summed E-state index contributed by atoms with van der Waals surface area (Å²) in [6.45, 7) is 2.69. The van der Waals surface area contributed by atoms with E-state index in [-0.39, 0.29) is 18.2 Å². The molecule has 1 heterocycles. The van der Waals surface area contributed by atoms with Gasteiger partial charge in [0, 0.05) is 42.3 Å². The molecule has 3 nitrogen and oxygen atoms in total. The molecule has 0 aromatic heterocycles. The standard InChI is InChI=1S/C13H17BrF2N2O.ClH/c1-9-7-17-4-5-18(9)8-10-6-11(14)2-3-12(10)19-13(15)16;/h2-3,6,9,13,17H,4-5,7-8H2,1H3;1H/t9-;/m1./s1. The predicted octanol–water partition coefficient (Wildman–Crippen LogP) is 3.27. The fourth-order valence-corrected chi connectivity index (χ4v) is 2.63. The van der Waals surface area contributed by atoms with Gasteiger partial charge in [0.25, 0.3) is 0 Å². The minimum Gasteiger partial charge on any atom is -0.434 e. The van der Waals surface area contributed by atoms with Crippen molar-refractivity contribution in [1.82, 2.24) is 10.2 Å². The van der Waals surface area contributed by atoms with Crippen molar-refractivity contribution >= 4 is 28.3 Å². The Morgan fingerprint density at radius 2 is 2.25 bits per heavy atom. The molecule has 20 heavy (non-hydrogen) atoms. The van der Waals surface area contributed by atoms with Crippen LogP contribution < -0.4 is 10.1 Å². The second-order valence-electron chi connectivity index (χ2n) is 4.65. The van der Waals surface area contributed by atoms with E-state index in [9.17, 15) is 8.78 Å². The van der Waals surface area contributed by atoms with Crippen LogP contribution in [0.15, 0.2) is 22.7 Å². The SMILES string of the molecule is C[C@@H]1CNCCN1Cc1cc(Br)ccc1OC(F)F.Cl. The minimum absolute atomic E-state index is 0. The number of piperazine rings is 1. The molecular formula is C13H18BrClF2N2O. The zero-order valence-electron chi connectivity index (χ0n) is 11.1. The number of ether oxygens (including phenoxy) is 1. The molecule has 1 N–H and O–H groups in total. The lowest BCUT2D eigenvalue weighted by molar-refractivity contribution is -0.0509. The molecular weight excluding hydrogens is 354 g/mol. The average molecular weight is 372 g/mol. The Balaban J connectivity index is 0.00000200. The Labute approximate surface area is 132 Å². The Kier molecular flexibility index (Phi) is 7.15. The van der Waals surface area contributed by atoms with Crippen LogP contribution in [0, 0.1) is 0 Å². The van der Waals surface area contributed by atoms with E-state index in [1.165, 1.54) is 0 Å². The van der Waals surface area contributed by atoms with Crippen molar-refractivity contribution in [2.75, 3.05) is 19.6 Å². The maximum Gasteiger partial charge on any atom is 0.387 e. The number of alkyl halides is 2. The van der Waals surface area contributed by atoms with Crippen LogP contribution in [-0.4, -0.2) is 37.2 Å². The minimum atomic E-state index is -2.79. The second kappa shape index (κ2) is 8.12. The highest BCUT2D eigenvalue weighted by molar-refractivity contribution is 9.10. The summed E-state index contributed by atoms with van der Waals surface area (Å²) in [6, 6.07) is 5.51. The van der Waals surface area contributed by atoms with Gasteiger partial charge in [0.2, 0.25) is 0 Å². The molecule has 1 aliphatic rings. The molecule has 1 aromatic rings. The topological polar surface area (TPSA) is 24.5 Å². The van der Waals surface area contributed by atoms with Crippen molar-refractivity contribution in [1.29, 1.82) is 0 Å². The quantitative estimate of drug-likeness (QED) is 0.879. The summed E-state index contributed by atoms with van der Waals surface area (Å²) in [4.78, 5) is 2.26. The number of halogens is 4. The molecule has 0 radical (unpaired) electrons. The molecule has 0 spiro atoms. The highest BCUT2D eigenvalue weighted by Crippen LogP contribution is 2.26. The zero-order chi connectivity index (χ0) is 13.8. The number of nitrogens with zero attached hydrogens (tertiary/aromatic N) is 1. The van der Waals surface area contributed by atoms with E-state index in [0.717, 1.165) is 29.7 Å². The van der Waals surface area contributed by atoms with Crippen LogP contribution in [0.25, 0.3) is 0 Å². The zero-order valence-corrected chi connectivity index (χ0v) is 13.5. The lowest BCUT2D eigenvalue weighted by atomic mass is 10.1. The van der Waals surface area contributed by atoms with E-state index >= 15 is 0 Å². The van der Waals surface area contributed by atoms with Gasteiger partial charge in [-0.2, -0.15) is 8.78 Å². The van der Waals surface area contributed by atoms with Crippen LogP contribution in [0.3, 0.4) is 0 Å². The van der Waals surface area contributed by atoms with Gasteiger partial charge in [-0.05, 0) is 25.1 Å². The fraction of sp³-hybridized carbons (Fsp3) is 0.538. The molecule has 0 amide bonds. The van der Waals surface area contributed by atoms with Gasteiger partial charge < -0.3 is 10.1 Å². The highest BCUT2D eigenvalue weighted by Gasteiger charge is 2.20. The summed E-state index contributed by atoms with van der Waals surface area (Å²) < 4.78 is 30.2. The van der Waals surface area contributed by atoms with Crippen LogP contribution in [0.5, 0.6) is 5.75 Å². The van der Waals surface area contributed by atoms with Crippen molar-refractivity contribution < 1.29 is 13.5 Å². The first kappa shape index (κ1) is 17.6. The van der Waals surface area contributed by atoms with Gasteiger partial charge in [-0.15, -0.1) is 12.4 Å². The normalized spacial score (nSPS) is 19.8. The summed E-state index contributed by atoms with van der Waals surface area (Å²) >= 11 is 3.37. The maximum absolute atomic E-state index is 12.4. The van der Waals surface area contributed by atoms with E-state index in [2.05, 4.69) is 37.8 Å². The largest absolute Gasteiger partial charge is 0.434 e. The number of benzene rings is 1. The number of nitrogens with one attached hydrogen (secondary N) is 1. The predicted molar refractivity (Wildman–Crippen MR) is 80.8 cm³/mol. The third kappa shape index (κ3) is 4.84.